The Labute approximate surface area is 119 Å². The molecule has 108 valence electrons. The molecule has 0 fully saturated rings. The zero-order valence-corrected chi connectivity index (χ0v) is 11.9. The van der Waals surface area contributed by atoms with E-state index in [4.69, 9.17) is 5.11 Å². The number of carboxylic acids is 1. The first-order valence-electron chi connectivity index (χ1n) is 5.63. The molecule has 0 unspecified atom stereocenters. The fourth-order valence-corrected chi connectivity index (χ4v) is 3.78. The number of nitrogens with one attached hydrogen (secondary N) is 1. The van der Waals surface area contributed by atoms with Crippen LogP contribution in [0.3, 0.4) is 0 Å². The molecule has 10 heteroatoms. The zero-order chi connectivity index (χ0) is 14.6. The summed E-state index contributed by atoms with van der Waals surface area (Å²) < 4.78 is 27.8. The number of aryl methyl sites for hydroxylation is 1. The number of carboxylic acid groups (broad SMARTS) is 1. The molecule has 0 atom stereocenters. The molecule has 0 aliphatic heterocycles. The van der Waals surface area contributed by atoms with Gasteiger partial charge in [-0.2, -0.15) is 0 Å². The molecule has 2 heterocycles. The summed E-state index contributed by atoms with van der Waals surface area (Å²) in [6.07, 6.45) is 5.62. The summed E-state index contributed by atoms with van der Waals surface area (Å²) in [6, 6.07) is 0. The van der Waals surface area contributed by atoms with E-state index in [2.05, 4.69) is 14.7 Å². The Morgan fingerprint density at radius 2 is 2.30 bits per heavy atom. The molecule has 0 aromatic carbocycles. The van der Waals surface area contributed by atoms with Crippen LogP contribution >= 0.6 is 11.3 Å². The van der Waals surface area contributed by atoms with E-state index in [1.165, 1.54) is 5.51 Å². The van der Waals surface area contributed by atoms with Crippen LogP contribution in [0.2, 0.25) is 0 Å². The van der Waals surface area contributed by atoms with Crippen LogP contribution in [0.4, 0.5) is 0 Å². The second kappa shape index (κ2) is 6.11. The second-order valence-corrected chi connectivity index (χ2v) is 6.66. The van der Waals surface area contributed by atoms with Crippen molar-refractivity contribution >= 4 is 27.3 Å². The van der Waals surface area contributed by atoms with Gasteiger partial charge in [0.1, 0.15) is 0 Å². The number of nitrogens with zero attached hydrogens (tertiary/aromatic N) is 3. The monoisotopic (exact) mass is 316 g/mol. The van der Waals surface area contributed by atoms with Crippen LogP contribution in [0.1, 0.15) is 16.9 Å². The normalized spacial score (nSPS) is 11.6. The van der Waals surface area contributed by atoms with Crippen molar-refractivity contribution in [1.29, 1.82) is 0 Å². The van der Waals surface area contributed by atoms with Crippen molar-refractivity contribution in [2.45, 2.75) is 17.2 Å². The van der Waals surface area contributed by atoms with Crippen LogP contribution in [-0.2, 0) is 16.6 Å². The number of thiazole rings is 1. The summed E-state index contributed by atoms with van der Waals surface area (Å²) in [6.45, 7) is 0.828. The van der Waals surface area contributed by atoms with Crippen molar-refractivity contribution in [3.8, 4) is 0 Å². The lowest BCUT2D eigenvalue weighted by molar-refractivity contribution is 0.0687. The Kier molecular flexibility index (Phi) is 4.47. The largest absolute Gasteiger partial charge is 0.476 e. The van der Waals surface area contributed by atoms with E-state index in [1.54, 1.807) is 18.7 Å². The van der Waals surface area contributed by atoms with Crippen LogP contribution in [0.25, 0.3) is 0 Å². The Balaban J connectivity index is 1.94. The van der Waals surface area contributed by atoms with E-state index >= 15 is 0 Å². The molecule has 20 heavy (non-hydrogen) atoms. The molecule has 0 aliphatic rings. The Morgan fingerprint density at radius 3 is 2.95 bits per heavy atom. The van der Waals surface area contributed by atoms with Crippen LogP contribution < -0.4 is 4.72 Å². The maximum Gasteiger partial charge on any atom is 0.356 e. The van der Waals surface area contributed by atoms with Gasteiger partial charge in [0.15, 0.2) is 9.90 Å². The lowest BCUT2D eigenvalue weighted by atomic mass is 10.4. The molecule has 0 radical (unpaired) electrons. The Hall–Kier alpha value is -1.78. The second-order valence-electron chi connectivity index (χ2n) is 3.85. The van der Waals surface area contributed by atoms with Crippen LogP contribution in [0, 0.1) is 0 Å². The Morgan fingerprint density at radius 1 is 1.50 bits per heavy atom. The van der Waals surface area contributed by atoms with E-state index in [1.807, 2.05) is 4.57 Å². The standard InChI is InChI=1S/C10H12N4O4S2/c15-9(16)8-10(19-7-12-8)20(17,18)13-2-1-4-14-5-3-11-6-14/h3,5-7,13H,1-2,4H2,(H,15,16). The van der Waals surface area contributed by atoms with Crippen molar-refractivity contribution in [3.05, 3.63) is 29.9 Å². The predicted octanol–water partition coefficient (Wildman–Crippen LogP) is 0.406. The molecule has 0 amide bonds. The highest BCUT2D eigenvalue weighted by Gasteiger charge is 2.25. The van der Waals surface area contributed by atoms with Gasteiger partial charge in [-0.05, 0) is 6.42 Å². The van der Waals surface area contributed by atoms with Crippen LogP contribution in [0.15, 0.2) is 28.4 Å². The minimum absolute atomic E-state index is 0.206. The van der Waals surface area contributed by atoms with Gasteiger partial charge in [0.25, 0.3) is 10.0 Å². The number of sulfonamides is 1. The third-order valence-electron chi connectivity index (χ3n) is 2.43. The molecule has 0 saturated heterocycles. The highest BCUT2D eigenvalue weighted by molar-refractivity contribution is 7.91. The molecular formula is C10H12N4O4S2. The number of rotatable bonds is 7. The summed E-state index contributed by atoms with van der Waals surface area (Å²) in [5.41, 5.74) is 0.751. The molecule has 0 spiro atoms. The smallest absolute Gasteiger partial charge is 0.356 e. The van der Waals surface area contributed by atoms with Gasteiger partial charge in [-0.15, -0.1) is 11.3 Å². The van der Waals surface area contributed by atoms with E-state index in [-0.39, 0.29) is 10.8 Å². The number of aromatic carboxylic acids is 1. The number of carbonyl (C=O) groups is 1. The van der Waals surface area contributed by atoms with Gasteiger partial charge in [-0.1, -0.05) is 0 Å². The van der Waals surface area contributed by atoms with Gasteiger partial charge in [0.05, 0.1) is 11.8 Å². The average molecular weight is 316 g/mol. The fraction of sp³-hybridized carbons (Fsp3) is 0.300. The third kappa shape index (κ3) is 3.40. The lowest BCUT2D eigenvalue weighted by Crippen LogP contribution is -2.26. The Bertz CT molecular complexity index is 678. The molecule has 2 aromatic heterocycles. The summed E-state index contributed by atoms with van der Waals surface area (Å²) in [5.74, 6) is -1.36. The van der Waals surface area contributed by atoms with Gasteiger partial charge in [0.2, 0.25) is 0 Å². The summed E-state index contributed by atoms with van der Waals surface area (Å²) in [4.78, 5) is 18.3. The fourth-order valence-electron chi connectivity index (χ4n) is 1.52. The molecule has 2 N–H and O–H groups in total. The first-order valence-corrected chi connectivity index (χ1v) is 7.99. The predicted molar refractivity (Wildman–Crippen MR) is 71.1 cm³/mol. The third-order valence-corrected chi connectivity index (χ3v) is 5.26. The van der Waals surface area contributed by atoms with Crippen LogP contribution in [0.5, 0.6) is 0 Å². The van der Waals surface area contributed by atoms with Gasteiger partial charge in [-0.25, -0.2) is 27.9 Å². The van der Waals surface area contributed by atoms with E-state index in [0.717, 1.165) is 11.3 Å². The maximum absolute atomic E-state index is 12.0. The minimum atomic E-state index is -3.83. The molecular weight excluding hydrogens is 304 g/mol. The molecule has 2 rings (SSSR count). The molecule has 0 aliphatic carbocycles. The summed E-state index contributed by atoms with van der Waals surface area (Å²) in [7, 11) is -3.83. The quantitative estimate of drug-likeness (QED) is 0.715. The van der Waals surface area contributed by atoms with Gasteiger partial charge in [-0.3, -0.25) is 0 Å². The minimum Gasteiger partial charge on any atom is -0.476 e. The van der Waals surface area contributed by atoms with Gasteiger partial charge < -0.3 is 9.67 Å². The van der Waals surface area contributed by atoms with Crippen molar-refractivity contribution in [3.63, 3.8) is 0 Å². The van der Waals surface area contributed by atoms with Gasteiger partial charge >= 0.3 is 5.97 Å². The zero-order valence-electron chi connectivity index (χ0n) is 10.3. The van der Waals surface area contributed by atoms with E-state index in [0.29, 0.717) is 13.0 Å². The van der Waals surface area contributed by atoms with Crippen molar-refractivity contribution < 1.29 is 18.3 Å². The number of imidazole rings is 1. The molecule has 0 saturated carbocycles. The first-order chi connectivity index (χ1) is 9.50. The topological polar surface area (TPSA) is 114 Å². The average Bonchev–Trinajstić information content (AvgIpc) is 3.05. The van der Waals surface area contributed by atoms with Crippen molar-refractivity contribution in [2.24, 2.45) is 0 Å². The lowest BCUT2D eigenvalue weighted by Gasteiger charge is -2.05. The summed E-state index contributed by atoms with van der Waals surface area (Å²) >= 11 is 0.783. The highest BCUT2D eigenvalue weighted by atomic mass is 32.2. The summed E-state index contributed by atoms with van der Waals surface area (Å²) in [5, 5.41) is 8.86. The van der Waals surface area contributed by atoms with E-state index in [9.17, 15) is 13.2 Å². The molecule has 8 nitrogen and oxygen atoms in total. The van der Waals surface area contributed by atoms with Gasteiger partial charge in [0, 0.05) is 25.5 Å². The van der Waals surface area contributed by atoms with Crippen LogP contribution in [-0.4, -0.2) is 40.6 Å². The van der Waals surface area contributed by atoms with Crippen molar-refractivity contribution in [1.82, 2.24) is 19.3 Å². The molecule has 0 bridgehead atoms. The number of hydrogen-bond donors (Lipinski definition) is 2. The van der Waals surface area contributed by atoms with E-state index < -0.39 is 21.7 Å². The number of hydrogen-bond acceptors (Lipinski definition) is 6. The first kappa shape index (κ1) is 14.6. The highest BCUT2D eigenvalue weighted by Crippen LogP contribution is 2.19. The van der Waals surface area contributed by atoms with Crippen molar-refractivity contribution in [2.75, 3.05) is 6.54 Å². The molecule has 2 aromatic rings. The SMILES string of the molecule is O=C(O)c1ncsc1S(=O)(=O)NCCCn1ccnc1. The number of aromatic nitrogens is 3. The maximum atomic E-state index is 12.0.